The lowest BCUT2D eigenvalue weighted by atomic mass is 9.68. The number of nitrogens with one attached hydrogen (secondary N) is 2. The molecule has 6 rings (SSSR count). The molecule has 9 unspecified atom stereocenters. The Morgan fingerprint density at radius 3 is 1.22 bits per heavy atom. The number of amides is 1. The first-order chi connectivity index (χ1) is 26.4. The van der Waals surface area contributed by atoms with Gasteiger partial charge >= 0.3 is 11.9 Å². The fraction of sp³-hybridized carbons (Fsp3) is 0.925. The van der Waals surface area contributed by atoms with Crippen LogP contribution in [0.4, 0.5) is 0 Å². The zero-order valence-electron chi connectivity index (χ0n) is 31.8. The molecule has 0 bridgehead atoms. The van der Waals surface area contributed by atoms with Crippen LogP contribution in [0.25, 0.3) is 0 Å². The van der Waals surface area contributed by atoms with Gasteiger partial charge in [0.05, 0.1) is 54.4 Å². The summed E-state index contributed by atoms with van der Waals surface area (Å²) in [6, 6.07) is -0.421. The first-order valence-electron chi connectivity index (χ1n) is 21.1. The number of rotatable bonds is 13. The van der Waals surface area contributed by atoms with Crippen molar-refractivity contribution in [1.29, 1.82) is 0 Å². The first kappa shape index (κ1) is 43.9. The summed E-state index contributed by atoms with van der Waals surface area (Å²) in [5.41, 5.74) is 2.45. The van der Waals surface area contributed by atoms with Crippen molar-refractivity contribution in [3.8, 4) is 0 Å². The Balaban J connectivity index is 0.838. The zero-order valence-corrected chi connectivity index (χ0v) is 34.8. The number of halogens is 4. The van der Waals surface area contributed by atoms with Crippen molar-refractivity contribution in [2.45, 2.75) is 199 Å². The second kappa shape index (κ2) is 20.6. The van der Waals surface area contributed by atoms with Gasteiger partial charge in [-0.1, -0.05) is 0 Å². The minimum absolute atomic E-state index is 0.00991. The van der Waals surface area contributed by atoms with Crippen LogP contribution in [-0.2, 0) is 28.6 Å². The predicted octanol–water partition coefficient (Wildman–Crippen LogP) is 7.64. The number of carbonyl (C=O) groups excluding carboxylic acids is 1. The molecule has 6 saturated carbocycles. The van der Waals surface area contributed by atoms with Gasteiger partial charge in [0.1, 0.15) is 0 Å². The third-order valence-corrected chi connectivity index (χ3v) is 15.9. The monoisotopic (exact) mass is 854 g/mol. The van der Waals surface area contributed by atoms with Crippen LogP contribution in [0.15, 0.2) is 0 Å². The number of hydrogen-bond donors (Lipinski definition) is 5. The van der Waals surface area contributed by atoms with E-state index in [1.165, 1.54) is 0 Å². The van der Waals surface area contributed by atoms with E-state index in [-0.39, 0.29) is 59.9 Å². The van der Waals surface area contributed by atoms with Gasteiger partial charge in [0.2, 0.25) is 5.91 Å². The summed E-state index contributed by atoms with van der Waals surface area (Å²) in [5.74, 6) is -5.21. The van der Waals surface area contributed by atoms with E-state index >= 15 is 0 Å². The molecule has 0 aromatic carbocycles. The van der Waals surface area contributed by atoms with Crippen molar-refractivity contribution in [3.05, 3.63) is 0 Å². The topological polar surface area (TPSA) is 164 Å². The molecule has 0 aromatic rings. The lowest BCUT2D eigenvalue weighted by Crippen LogP contribution is -2.54. The average molecular weight is 857 g/mol. The summed E-state index contributed by atoms with van der Waals surface area (Å²) in [6.45, 7) is 0. The molecule has 0 aromatic heterocycles. The fourth-order valence-corrected chi connectivity index (χ4v) is 12.5. The fourth-order valence-electron chi connectivity index (χ4n) is 10.8. The predicted molar refractivity (Wildman–Crippen MR) is 210 cm³/mol. The van der Waals surface area contributed by atoms with Crippen LogP contribution in [0.1, 0.15) is 128 Å². The Labute approximate surface area is 345 Å². The SMILES string of the molecule is O=C(O)C1C(Cl)CCC(Cl)C1C(=O)NC1CCC(OC2CCC(OC3CCC(OC4CCC(C(NO)C5C(Cl)CCC(Cl)C5C(=O)O)CC4)CC3)CC2)CC1. The molecule has 0 heterocycles. The van der Waals surface area contributed by atoms with Gasteiger partial charge in [-0.05, 0) is 134 Å². The normalized spacial score (nSPS) is 43.6. The molecule has 0 radical (unpaired) electrons. The summed E-state index contributed by atoms with van der Waals surface area (Å²) in [7, 11) is 0. The molecule has 6 aliphatic rings. The molecular formula is C40H62Cl4N2O9. The summed E-state index contributed by atoms with van der Waals surface area (Å²) in [4.78, 5) is 37.1. The summed E-state index contributed by atoms with van der Waals surface area (Å²) >= 11 is 25.9. The maximum absolute atomic E-state index is 13.1. The largest absolute Gasteiger partial charge is 0.481 e. The molecule has 15 heteroatoms. The quantitative estimate of drug-likeness (QED) is 0.0919. The van der Waals surface area contributed by atoms with E-state index in [0.29, 0.717) is 25.7 Å². The smallest absolute Gasteiger partial charge is 0.308 e. The van der Waals surface area contributed by atoms with Gasteiger partial charge in [0.15, 0.2) is 0 Å². The third kappa shape index (κ3) is 11.4. The maximum Gasteiger partial charge on any atom is 0.308 e. The number of alkyl halides is 4. The molecule has 5 N–H and O–H groups in total. The molecule has 0 saturated heterocycles. The number of hydrogen-bond acceptors (Lipinski definition) is 8. The number of ether oxygens (including phenoxy) is 3. The highest BCUT2D eigenvalue weighted by atomic mass is 35.5. The highest BCUT2D eigenvalue weighted by molar-refractivity contribution is 6.25. The van der Waals surface area contributed by atoms with Gasteiger partial charge in [-0.25, -0.2) is 5.48 Å². The Kier molecular flexibility index (Phi) is 16.4. The van der Waals surface area contributed by atoms with Crippen LogP contribution >= 0.6 is 46.4 Å². The van der Waals surface area contributed by atoms with Gasteiger partial charge in [0.25, 0.3) is 0 Å². The van der Waals surface area contributed by atoms with E-state index in [9.17, 15) is 29.8 Å². The molecule has 0 spiro atoms. The van der Waals surface area contributed by atoms with E-state index in [1.54, 1.807) is 0 Å². The Morgan fingerprint density at radius 2 is 0.818 bits per heavy atom. The lowest BCUT2D eigenvalue weighted by molar-refractivity contribution is -0.148. The molecule has 9 atom stereocenters. The summed E-state index contributed by atoms with van der Waals surface area (Å²) in [5, 5.41) is 30.9. The molecular weight excluding hydrogens is 794 g/mol. The van der Waals surface area contributed by atoms with Crippen LogP contribution in [0, 0.1) is 29.6 Å². The number of aliphatic carboxylic acids is 2. The van der Waals surface area contributed by atoms with Crippen molar-refractivity contribution < 1.29 is 44.0 Å². The highest BCUT2D eigenvalue weighted by Crippen LogP contribution is 2.44. The average Bonchev–Trinajstić information content (AvgIpc) is 3.16. The lowest BCUT2D eigenvalue weighted by Gasteiger charge is -2.44. The van der Waals surface area contributed by atoms with E-state index in [2.05, 4.69) is 10.8 Å². The van der Waals surface area contributed by atoms with E-state index < -0.39 is 57.8 Å². The van der Waals surface area contributed by atoms with Gasteiger partial charge in [-0.15, -0.1) is 46.4 Å². The van der Waals surface area contributed by atoms with Gasteiger partial charge < -0.3 is 34.9 Å². The first-order valence-corrected chi connectivity index (χ1v) is 22.8. The zero-order chi connectivity index (χ0) is 39.2. The number of carboxylic acids is 2. The second-order valence-corrected chi connectivity index (χ2v) is 19.7. The van der Waals surface area contributed by atoms with Gasteiger partial charge in [-0.2, -0.15) is 0 Å². The summed E-state index contributed by atoms with van der Waals surface area (Å²) in [6.07, 6.45) is 18.2. The molecule has 1 amide bonds. The van der Waals surface area contributed by atoms with Crippen LogP contribution < -0.4 is 10.8 Å². The molecule has 6 fully saturated rings. The Bertz CT molecular complexity index is 1250. The van der Waals surface area contributed by atoms with Crippen molar-refractivity contribution in [2.24, 2.45) is 29.6 Å². The van der Waals surface area contributed by atoms with Crippen LogP contribution in [0.2, 0.25) is 0 Å². The number of carboxylic acid groups (broad SMARTS) is 2. The van der Waals surface area contributed by atoms with E-state index in [0.717, 1.165) is 103 Å². The minimum atomic E-state index is -1.06. The van der Waals surface area contributed by atoms with Crippen molar-refractivity contribution in [2.75, 3.05) is 0 Å². The molecule has 6 aliphatic carbocycles. The number of hydroxylamine groups is 1. The molecule has 11 nitrogen and oxygen atoms in total. The van der Waals surface area contributed by atoms with E-state index in [1.807, 2.05) is 0 Å². The van der Waals surface area contributed by atoms with Gasteiger partial charge in [0, 0.05) is 39.5 Å². The highest BCUT2D eigenvalue weighted by Gasteiger charge is 2.49. The standard InChI is InChI=1S/C40H62Cl4N2O9/c41-29-17-19-31(43)35(39(48)49)33(29)37(46-52)21-1-5-23(6-2-21)53-25-9-13-27(14-10-25)55-28-15-11-26(12-16-28)54-24-7-3-22(4-8-24)45-38(47)34-30(42)18-20-32(44)36(34)40(50)51/h21-37,46,52H,1-20H2,(H,45,47)(H,48,49)(H,50,51). The van der Waals surface area contributed by atoms with Crippen LogP contribution in [-0.4, -0.2) is 103 Å². The van der Waals surface area contributed by atoms with Crippen molar-refractivity contribution in [1.82, 2.24) is 10.8 Å². The third-order valence-electron chi connectivity index (χ3n) is 13.9. The molecule has 314 valence electrons. The van der Waals surface area contributed by atoms with Crippen molar-refractivity contribution >= 4 is 64.2 Å². The second-order valence-electron chi connectivity index (χ2n) is 17.4. The number of carbonyl (C=O) groups is 3. The minimum Gasteiger partial charge on any atom is -0.481 e. The van der Waals surface area contributed by atoms with Crippen LogP contribution in [0.5, 0.6) is 0 Å². The van der Waals surface area contributed by atoms with Crippen molar-refractivity contribution in [3.63, 3.8) is 0 Å². The maximum atomic E-state index is 13.1. The van der Waals surface area contributed by atoms with Gasteiger partial charge in [-0.3, -0.25) is 14.4 Å². The molecule has 55 heavy (non-hydrogen) atoms. The molecule has 0 aliphatic heterocycles. The Hall–Kier alpha value is -0.630. The van der Waals surface area contributed by atoms with Crippen LogP contribution in [0.3, 0.4) is 0 Å². The Morgan fingerprint density at radius 1 is 0.473 bits per heavy atom. The summed E-state index contributed by atoms with van der Waals surface area (Å²) < 4.78 is 19.7. The van der Waals surface area contributed by atoms with E-state index in [4.69, 9.17) is 60.6 Å².